The fraction of sp³-hybridized carbons (Fsp3) is 0.214. The normalized spacial score (nSPS) is 13.7. The number of nitrogens with two attached hydrogens (primary N) is 1. The summed E-state index contributed by atoms with van der Waals surface area (Å²) in [5.74, 6) is -0.0670. The molecule has 0 aliphatic carbocycles. The van der Waals surface area contributed by atoms with Gasteiger partial charge in [0.15, 0.2) is 4.67 Å². The summed E-state index contributed by atoms with van der Waals surface area (Å²) in [4.78, 5) is 14.2. The number of benzene rings is 1. The number of anilines is 2. The third-order valence-corrected chi connectivity index (χ3v) is 4.07. The highest BCUT2D eigenvalue weighted by molar-refractivity contribution is 9.10. The van der Waals surface area contributed by atoms with Crippen molar-refractivity contribution in [2.24, 2.45) is 0 Å². The quantitative estimate of drug-likeness (QED) is 0.821. The van der Waals surface area contributed by atoms with Crippen molar-refractivity contribution in [2.75, 3.05) is 17.2 Å². The molecule has 3 rings (SSSR count). The number of rotatable bonds is 1. The van der Waals surface area contributed by atoms with Crippen LogP contribution in [-0.2, 0) is 6.42 Å². The molecule has 2 heterocycles. The van der Waals surface area contributed by atoms with E-state index in [1.807, 2.05) is 13.0 Å². The number of halogens is 1. The molecule has 4 nitrogen and oxygen atoms in total. The molecule has 0 radical (unpaired) electrons. The van der Waals surface area contributed by atoms with Gasteiger partial charge >= 0.3 is 0 Å². The Labute approximate surface area is 119 Å². The third-order valence-electron chi connectivity index (χ3n) is 3.46. The molecule has 1 aromatic carbocycles. The maximum atomic E-state index is 12.5. The van der Waals surface area contributed by atoms with Gasteiger partial charge in [0.25, 0.3) is 5.91 Å². The van der Waals surface area contributed by atoms with Gasteiger partial charge in [0.2, 0.25) is 0 Å². The van der Waals surface area contributed by atoms with Crippen molar-refractivity contribution in [2.45, 2.75) is 13.3 Å². The number of aryl methyl sites for hydroxylation is 1. The standard InChI is InChI=1S/C14H13BrN2O2/c1-8-6-9-2-4-17(12(9)7-11(8)16)14(18)10-3-5-19-13(10)15/h3,5-7H,2,4,16H2,1H3. The number of hydrogen-bond donors (Lipinski definition) is 1. The van der Waals surface area contributed by atoms with Crippen LogP contribution < -0.4 is 10.6 Å². The van der Waals surface area contributed by atoms with Gasteiger partial charge in [0.1, 0.15) is 0 Å². The lowest BCUT2D eigenvalue weighted by Crippen LogP contribution is -2.28. The Morgan fingerprint density at radius 3 is 2.95 bits per heavy atom. The summed E-state index contributed by atoms with van der Waals surface area (Å²) in [6.45, 7) is 2.65. The van der Waals surface area contributed by atoms with Crippen molar-refractivity contribution in [3.8, 4) is 0 Å². The van der Waals surface area contributed by atoms with E-state index in [1.54, 1.807) is 11.0 Å². The Bertz CT molecular complexity index is 663. The number of nitrogens with zero attached hydrogens (tertiary/aromatic N) is 1. The zero-order valence-electron chi connectivity index (χ0n) is 10.4. The molecule has 1 aliphatic heterocycles. The minimum absolute atomic E-state index is 0.0670. The number of carbonyl (C=O) groups is 1. The maximum absolute atomic E-state index is 12.5. The van der Waals surface area contributed by atoms with E-state index >= 15 is 0 Å². The van der Waals surface area contributed by atoms with Crippen LogP contribution in [0.2, 0.25) is 0 Å². The lowest BCUT2D eigenvalue weighted by Gasteiger charge is -2.17. The smallest absolute Gasteiger partial charge is 0.262 e. The van der Waals surface area contributed by atoms with Gasteiger partial charge in [-0.25, -0.2) is 0 Å². The van der Waals surface area contributed by atoms with Gasteiger partial charge in [-0.2, -0.15) is 0 Å². The van der Waals surface area contributed by atoms with Crippen LogP contribution in [0.5, 0.6) is 0 Å². The Morgan fingerprint density at radius 1 is 1.47 bits per heavy atom. The van der Waals surface area contributed by atoms with E-state index in [-0.39, 0.29) is 5.91 Å². The van der Waals surface area contributed by atoms with Gasteiger partial charge < -0.3 is 15.1 Å². The van der Waals surface area contributed by atoms with Crippen LogP contribution >= 0.6 is 15.9 Å². The van der Waals surface area contributed by atoms with E-state index < -0.39 is 0 Å². The van der Waals surface area contributed by atoms with E-state index in [9.17, 15) is 4.79 Å². The van der Waals surface area contributed by atoms with Crippen LogP contribution in [0.15, 0.2) is 33.5 Å². The first-order valence-corrected chi connectivity index (χ1v) is 6.81. The van der Waals surface area contributed by atoms with Crippen molar-refractivity contribution in [1.82, 2.24) is 0 Å². The first-order valence-electron chi connectivity index (χ1n) is 6.02. The van der Waals surface area contributed by atoms with Gasteiger partial charge in [-0.15, -0.1) is 0 Å². The number of carbonyl (C=O) groups excluding carboxylic acids is 1. The predicted molar refractivity (Wildman–Crippen MR) is 77.4 cm³/mol. The molecule has 1 aliphatic rings. The van der Waals surface area contributed by atoms with Gasteiger partial charge in [-0.3, -0.25) is 4.79 Å². The Balaban J connectivity index is 2.01. The summed E-state index contributed by atoms with van der Waals surface area (Å²) in [5, 5.41) is 0. The molecule has 0 bridgehead atoms. The zero-order chi connectivity index (χ0) is 13.6. The largest absolute Gasteiger partial charge is 0.457 e. The number of amides is 1. The van der Waals surface area contributed by atoms with Crippen LogP contribution in [0.25, 0.3) is 0 Å². The second-order valence-electron chi connectivity index (χ2n) is 4.65. The van der Waals surface area contributed by atoms with Gasteiger partial charge in [-0.05, 0) is 52.5 Å². The molecule has 2 aromatic rings. The van der Waals surface area contributed by atoms with E-state index in [2.05, 4.69) is 22.0 Å². The monoisotopic (exact) mass is 320 g/mol. The molecule has 0 saturated heterocycles. The molecule has 0 spiro atoms. The molecule has 0 saturated carbocycles. The molecular weight excluding hydrogens is 308 g/mol. The summed E-state index contributed by atoms with van der Waals surface area (Å²) in [5.41, 5.74) is 10.3. The molecule has 2 N–H and O–H groups in total. The molecule has 0 fully saturated rings. The fourth-order valence-corrected chi connectivity index (χ4v) is 2.79. The minimum Gasteiger partial charge on any atom is -0.457 e. The van der Waals surface area contributed by atoms with Crippen molar-refractivity contribution in [3.05, 3.63) is 45.8 Å². The van der Waals surface area contributed by atoms with E-state index in [0.29, 0.717) is 22.5 Å². The Morgan fingerprint density at radius 2 is 2.26 bits per heavy atom. The number of fused-ring (bicyclic) bond motifs is 1. The Hall–Kier alpha value is -1.75. The van der Waals surface area contributed by atoms with Crippen LogP contribution in [0.4, 0.5) is 11.4 Å². The minimum atomic E-state index is -0.0670. The lowest BCUT2D eigenvalue weighted by molar-refractivity contribution is 0.0988. The highest BCUT2D eigenvalue weighted by Gasteiger charge is 2.28. The number of hydrogen-bond acceptors (Lipinski definition) is 3. The van der Waals surface area contributed by atoms with Crippen molar-refractivity contribution < 1.29 is 9.21 Å². The first-order chi connectivity index (χ1) is 9.08. The second kappa shape index (κ2) is 4.42. The molecule has 98 valence electrons. The maximum Gasteiger partial charge on any atom is 0.262 e. The molecular formula is C14H13BrN2O2. The molecule has 5 heteroatoms. The van der Waals surface area contributed by atoms with Crippen LogP contribution in [0.3, 0.4) is 0 Å². The van der Waals surface area contributed by atoms with Crippen LogP contribution in [-0.4, -0.2) is 12.5 Å². The van der Waals surface area contributed by atoms with Crippen molar-refractivity contribution in [3.63, 3.8) is 0 Å². The summed E-state index contributed by atoms with van der Waals surface area (Å²) in [7, 11) is 0. The molecule has 0 unspecified atom stereocenters. The average Bonchev–Trinajstić information content (AvgIpc) is 2.96. The predicted octanol–water partition coefficient (Wildman–Crippen LogP) is 3.14. The molecule has 1 amide bonds. The topological polar surface area (TPSA) is 59.5 Å². The van der Waals surface area contributed by atoms with Gasteiger partial charge in [0, 0.05) is 17.9 Å². The summed E-state index contributed by atoms with van der Waals surface area (Å²) < 4.78 is 5.58. The second-order valence-corrected chi connectivity index (χ2v) is 5.37. The molecule has 19 heavy (non-hydrogen) atoms. The van der Waals surface area contributed by atoms with E-state index in [1.165, 1.54) is 11.8 Å². The molecule has 0 atom stereocenters. The fourth-order valence-electron chi connectivity index (χ4n) is 2.38. The first kappa shape index (κ1) is 12.3. The highest BCUT2D eigenvalue weighted by Crippen LogP contribution is 2.34. The van der Waals surface area contributed by atoms with Crippen molar-refractivity contribution in [1.29, 1.82) is 0 Å². The van der Waals surface area contributed by atoms with Gasteiger partial charge in [0.05, 0.1) is 11.8 Å². The SMILES string of the molecule is Cc1cc2c(cc1N)N(C(=O)c1ccoc1Br)CC2. The third kappa shape index (κ3) is 1.94. The summed E-state index contributed by atoms with van der Waals surface area (Å²) >= 11 is 3.24. The van der Waals surface area contributed by atoms with Crippen LogP contribution in [0, 0.1) is 6.92 Å². The summed E-state index contributed by atoms with van der Waals surface area (Å²) in [6.07, 6.45) is 2.36. The lowest BCUT2D eigenvalue weighted by atomic mass is 10.1. The van der Waals surface area contributed by atoms with E-state index in [4.69, 9.17) is 10.2 Å². The Kier molecular flexibility index (Phi) is 2.86. The van der Waals surface area contributed by atoms with E-state index in [0.717, 1.165) is 17.7 Å². The molecule has 1 aromatic heterocycles. The summed E-state index contributed by atoms with van der Waals surface area (Å²) in [6, 6.07) is 5.61. The zero-order valence-corrected chi connectivity index (χ0v) is 12.0. The number of nitrogen functional groups attached to an aromatic ring is 1. The van der Waals surface area contributed by atoms with Crippen molar-refractivity contribution >= 4 is 33.2 Å². The highest BCUT2D eigenvalue weighted by atomic mass is 79.9. The number of furan rings is 1. The average molecular weight is 321 g/mol. The van der Waals surface area contributed by atoms with Crippen LogP contribution in [0.1, 0.15) is 21.5 Å². The van der Waals surface area contributed by atoms with Gasteiger partial charge in [-0.1, -0.05) is 6.07 Å².